The third kappa shape index (κ3) is 5.23. The molecule has 0 atom stereocenters. The molecule has 0 spiro atoms. The molecule has 0 unspecified atom stereocenters. The maximum Gasteiger partial charge on any atom is 0.253 e. The van der Waals surface area contributed by atoms with Gasteiger partial charge in [-0.15, -0.1) is 0 Å². The molecule has 0 aliphatic rings. The zero-order valence-corrected chi connectivity index (χ0v) is 16.2. The van der Waals surface area contributed by atoms with Gasteiger partial charge in [0, 0.05) is 25.4 Å². The number of rotatable bonds is 7. The van der Waals surface area contributed by atoms with Crippen LogP contribution in [0.25, 0.3) is 0 Å². The average Bonchev–Trinajstić information content (AvgIpc) is 2.59. The second kappa shape index (κ2) is 8.23. The lowest BCUT2D eigenvalue weighted by atomic mass is 10.1. The first-order chi connectivity index (χ1) is 12.2. The van der Waals surface area contributed by atoms with Gasteiger partial charge in [0.2, 0.25) is 0 Å². The van der Waals surface area contributed by atoms with Gasteiger partial charge in [-0.25, -0.2) is 8.42 Å². The number of benzene rings is 2. The average molecular weight is 377 g/mol. The van der Waals surface area contributed by atoms with Crippen molar-refractivity contribution in [2.45, 2.75) is 12.3 Å². The highest BCUT2D eigenvalue weighted by atomic mass is 32.2. The first-order valence-corrected chi connectivity index (χ1v) is 10.0. The molecule has 0 N–H and O–H groups in total. The SMILES string of the molecule is COc1ccc(CN(C)C(=O)c2cccc(CS(C)(=O)=O)c2)cc1OC. The van der Waals surface area contributed by atoms with Crippen molar-refractivity contribution in [3.63, 3.8) is 0 Å². The zero-order valence-electron chi connectivity index (χ0n) is 15.4. The first kappa shape index (κ1) is 19.8. The predicted molar refractivity (Wildman–Crippen MR) is 100 cm³/mol. The lowest BCUT2D eigenvalue weighted by Crippen LogP contribution is -2.26. The third-order valence-electron chi connectivity index (χ3n) is 3.82. The Morgan fingerprint density at radius 2 is 1.69 bits per heavy atom. The van der Waals surface area contributed by atoms with E-state index in [-0.39, 0.29) is 11.7 Å². The van der Waals surface area contributed by atoms with Gasteiger partial charge < -0.3 is 14.4 Å². The van der Waals surface area contributed by atoms with Crippen molar-refractivity contribution >= 4 is 15.7 Å². The highest BCUT2D eigenvalue weighted by Gasteiger charge is 2.15. The smallest absolute Gasteiger partial charge is 0.253 e. The fourth-order valence-electron chi connectivity index (χ4n) is 2.64. The fraction of sp³-hybridized carbons (Fsp3) is 0.316. The maximum atomic E-state index is 12.7. The molecule has 140 valence electrons. The van der Waals surface area contributed by atoms with Crippen LogP contribution in [0.2, 0.25) is 0 Å². The fourth-order valence-corrected chi connectivity index (χ4v) is 3.43. The number of methoxy groups -OCH3 is 2. The number of ether oxygens (including phenoxy) is 2. The Labute approximate surface area is 154 Å². The molecule has 0 saturated heterocycles. The van der Waals surface area contributed by atoms with Gasteiger partial charge in [0.05, 0.1) is 20.0 Å². The summed E-state index contributed by atoms with van der Waals surface area (Å²) in [6.07, 6.45) is 1.17. The van der Waals surface area contributed by atoms with E-state index in [4.69, 9.17) is 9.47 Å². The van der Waals surface area contributed by atoms with Gasteiger partial charge in [-0.1, -0.05) is 18.2 Å². The van der Waals surface area contributed by atoms with Crippen LogP contribution in [0.5, 0.6) is 11.5 Å². The molecular formula is C19H23NO5S. The van der Waals surface area contributed by atoms with Crippen molar-refractivity contribution in [2.24, 2.45) is 0 Å². The molecule has 0 aliphatic carbocycles. The quantitative estimate of drug-likeness (QED) is 0.741. The maximum absolute atomic E-state index is 12.7. The molecule has 2 aromatic carbocycles. The van der Waals surface area contributed by atoms with Crippen LogP contribution in [0, 0.1) is 0 Å². The highest BCUT2D eigenvalue weighted by molar-refractivity contribution is 7.89. The minimum Gasteiger partial charge on any atom is -0.493 e. The molecule has 0 bridgehead atoms. The van der Waals surface area contributed by atoms with E-state index in [2.05, 4.69) is 0 Å². The molecular weight excluding hydrogens is 354 g/mol. The molecule has 7 heteroatoms. The van der Waals surface area contributed by atoms with E-state index >= 15 is 0 Å². The Bertz CT molecular complexity index is 893. The van der Waals surface area contributed by atoms with Crippen molar-refractivity contribution in [1.29, 1.82) is 0 Å². The van der Waals surface area contributed by atoms with Crippen LogP contribution >= 0.6 is 0 Å². The van der Waals surface area contributed by atoms with Crippen LogP contribution in [0.4, 0.5) is 0 Å². The molecule has 0 saturated carbocycles. The van der Waals surface area contributed by atoms with Crippen LogP contribution in [-0.2, 0) is 22.1 Å². The van der Waals surface area contributed by atoms with E-state index in [1.165, 1.54) is 6.26 Å². The largest absolute Gasteiger partial charge is 0.493 e. The summed E-state index contributed by atoms with van der Waals surface area (Å²) in [5.41, 5.74) is 1.94. The summed E-state index contributed by atoms with van der Waals surface area (Å²) < 4.78 is 33.4. The number of carbonyl (C=O) groups is 1. The van der Waals surface area contributed by atoms with Crippen molar-refractivity contribution in [3.8, 4) is 11.5 Å². The van der Waals surface area contributed by atoms with E-state index in [0.717, 1.165) is 5.56 Å². The minimum atomic E-state index is -3.15. The number of hydrogen-bond donors (Lipinski definition) is 0. The molecule has 0 radical (unpaired) electrons. The van der Waals surface area contributed by atoms with Gasteiger partial charge in [-0.05, 0) is 35.4 Å². The van der Waals surface area contributed by atoms with E-state index in [9.17, 15) is 13.2 Å². The van der Waals surface area contributed by atoms with Gasteiger partial charge in [0.15, 0.2) is 21.3 Å². The van der Waals surface area contributed by atoms with E-state index in [1.807, 2.05) is 12.1 Å². The van der Waals surface area contributed by atoms with Crippen molar-refractivity contribution in [1.82, 2.24) is 4.90 Å². The molecule has 26 heavy (non-hydrogen) atoms. The van der Waals surface area contributed by atoms with Crippen molar-refractivity contribution in [3.05, 3.63) is 59.2 Å². The summed E-state index contributed by atoms with van der Waals surface area (Å²) in [6, 6.07) is 12.2. The van der Waals surface area contributed by atoms with Gasteiger partial charge >= 0.3 is 0 Å². The molecule has 0 aliphatic heterocycles. The molecule has 0 aromatic heterocycles. The first-order valence-electron chi connectivity index (χ1n) is 7.96. The van der Waals surface area contributed by atoms with Crippen LogP contribution < -0.4 is 9.47 Å². The van der Waals surface area contributed by atoms with Gasteiger partial charge in [-0.3, -0.25) is 4.79 Å². The summed E-state index contributed by atoms with van der Waals surface area (Å²) in [7, 11) is 1.67. The van der Waals surface area contributed by atoms with Gasteiger partial charge in [0.25, 0.3) is 5.91 Å². The molecule has 2 aromatic rings. The topological polar surface area (TPSA) is 72.9 Å². The number of amides is 1. The number of carbonyl (C=O) groups excluding carboxylic acids is 1. The van der Waals surface area contributed by atoms with Gasteiger partial charge in [0.1, 0.15) is 0 Å². The third-order valence-corrected chi connectivity index (χ3v) is 4.67. The second-order valence-electron chi connectivity index (χ2n) is 6.12. The lowest BCUT2D eigenvalue weighted by Gasteiger charge is -2.19. The molecule has 0 heterocycles. The van der Waals surface area contributed by atoms with Crippen LogP contribution in [0.1, 0.15) is 21.5 Å². The summed E-state index contributed by atoms with van der Waals surface area (Å²) in [5, 5.41) is 0. The Balaban J connectivity index is 2.16. The van der Waals surface area contributed by atoms with Crippen molar-refractivity contribution < 1.29 is 22.7 Å². The summed E-state index contributed by atoms with van der Waals surface area (Å²) in [6.45, 7) is 0.384. The number of sulfone groups is 1. The van der Waals surface area contributed by atoms with Crippen LogP contribution in [0.3, 0.4) is 0 Å². The summed E-state index contributed by atoms with van der Waals surface area (Å²) in [4.78, 5) is 14.2. The highest BCUT2D eigenvalue weighted by Crippen LogP contribution is 2.28. The number of nitrogens with zero attached hydrogens (tertiary/aromatic N) is 1. The zero-order chi connectivity index (χ0) is 19.3. The standard InChI is InChI=1S/C19H23NO5S/c1-20(12-14-8-9-17(24-2)18(11-14)25-3)19(21)16-7-5-6-15(10-16)13-26(4,22)23/h5-11H,12-13H2,1-4H3. The molecule has 1 amide bonds. The Morgan fingerprint density at radius 1 is 1.00 bits per heavy atom. The summed E-state index contributed by atoms with van der Waals surface area (Å²) >= 11 is 0. The van der Waals surface area contributed by atoms with Crippen molar-refractivity contribution in [2.75, 3.05) is 27.5 Å². The molecule has 2 rings (SSSR count). The molecule has 6 nitrogen and oxygen atoms in total. The Kier molecular flexibility index (Phi) is 6.26. The lowest BCUT2D eigenvalue weighted by molar-refractivity contribution is 0.0785. The Hall–Kier alpha value is -2.54. The monoisotopic (exact) mass is 377 g/mol. The van der Waals surface area contributed by atoms with E-state index in [1.54, 1.807) is 56.5 Å². The van der Waals surface area contributed by atoms with E-state index < -0.39 is 9.84 Å². The summed E-state index contributed by atoms with van der Waals surface area (Å²) in [5.74, 6) is 0.947. The predicted octanol–water partition coefficient (Wildman–Crippen LogP) is 2.52. The normalized spacial score (nSPS) is 11.1. The van der Waals surface area contributed by atoms with Crippen LogP contribution in [0.15, 0.2) is 42.5 Å². The van der Waals surface area contributed by atoms with E-state index in [0.29, 0.717) is 29.2 Å². The second-order valence-corrected chi connectivity index (χ2v) is 8.26. The minimum absolute atomic E-state index is 0.0898. The molecule has 0 fully saturated rings. The van der Waals surface area contributed by atoms with Gasteiger partial charge in [-0.2, -0.15) is 0 Å². The Morgan fingerprint density at radius 3 is 2.31 bits per heavy atom. The van der Waals surface area contributed by atoms with Crippen LogP contribution in [-0.4, -0.2) is 46.7 Å². The number of hydrogen-bond acceptors (Lipinski definition) is 5.